The Kier molecular flexibility index (Phi) is 1.22. The van der Waals surface area contributed by atoms with Crippen LogP contribution in [0.5, 0.6) is 0 Å². The van der Waals surface area contributed by atoms with Gasteiger partial charge in [-0.05, 0) is 12.1 Å². The Labute approximate surface area is 62.7 Å². The summed E-state index contributed by atoms with van der Waals surface area (Å²) in [7, 11) is 0. The molecule has 0 saturated carbocycles. The Bertz CT molecular complexity index is 392. The molecule has 0 aliphatic rings. The van der Waals surface area contributed by atoms with Gasteiger partial charge in [-0.1, -0.05) is 6.07 Å². The van der Waals surface area contributed by atoms with Crippen LogP contribution in [0.3, 0.4) is 0 Å². The number of carbonyl (C=O) groups excluding carboxylic acids is 1. The van der Waals surface area contributed by atoms with E-state index in [0.29, 0.717) is 16.7 Å². The van der Waals surface area contributed by atoms with Gasteiger partial charge in [0.2, 0.25) is 6.29 Å². The molecule has 11 heavy (non-hydrogen) atoms. The van der Waals surface area contributed by atoms with E-state index < -0.39 is 0 Å². The fourth-order valence-corrected chi connectivity index (χ4v) is 0.967. The molecule has 1 radical (unpaired) electrons. The SMILES string of the molecule is O=[C]c1cccc2ncoc12. The quantitative estimate of drug-likeness (QED) is 0.608. The maximum Gasteiger partial charge on any atom is 0.237 e. The minimum Gasteiger partial charge on any atom is -0.443 e. The molecule has 3 nitrogen and oxygen atoms in total. The summed E-state index contributed by atoms with van der Waals surface area (Å²) < 4.78 is 4.97. The van der Waals surface area contributed by atoms with Crippen molar-refractivity contribution in [1.82, 2.24) is 4.98 Å². The molecular weight excluding hydrogens is 142 g/mol. The van der Waals surface area contributed by atoms with Crippen molar-refractivity contribution in [3.8, 4) is 0 Å². The van der Waals surface area contributed by atoms with Crippen LogP contribution in [0.2, 0.25) is 0 Å². The maximum atomic E-state index is 10.3. The zero-order valence-electron chi connectivity index (χ0n) is 5.57. The van der Waals surface area contributed by atoms with Gasteiger partial charge in [0.05, 0.1) is 5.56 Å². The number of oxazole rings is 1. The molecule has 1 aromatic heterocycles. The number of hydrogen-bond acceptors (Lipinski definition) is 3. The third-order valence-electron chi connectivity index (χ3n) is 1.47. The first-order valence-electron chi connectivity index (χ1n) is 3.12. The van der Waals surface area contributed by atoms with Gasteiger partial charge in [-0.2, -0.15) is 0 Å². The van der Waals surface area contributed by atoms with Gasteiger partial charge in [0.25, 0.3) is 0 Å². The number of rotatable bonds is 1. The van der Waals surface area contributed by atoms with E-state index in [2.05, 4.69) is 4.98 Å². The van der Waals surface area contributed by atoms with Crippen molar-refractivity contribution in [2.75, 3.05) is 0 Å². The summed E-state index contributed by atoms with van der Waals surface area (Å²) in [5.41, 5.74) is 1.60. The second-order valence-corrected chi connectivity index (χ2v) is 2.11. The van der Waals surface area contributed by atoms with Crippen LogP contribution in [-0.2, 0) is 4.79 Å². The van der Waals surface area contributed by atoms with Crippen LogP contribution in [-0.4, -0.2) is 11.3 Å². The summed E-state index contributed by atoms with van der Waals surface area (Å²) in [5, 5.41) is 0. The van der Waals surface area contributed by atoms with Crippen molar-refractivity contribution >= 4 is 17.4 Å². The first-order chi connectivity index (χ1) is 5.42. The monoisotopic (exact) mass is 146 g/mol. The van der Waals surface area contributed by atoms with Gasteiger partial charge >= 0.3 is 0 Å². The molecule has 0 unspecified atom stereocenters. The minimum absolute atomic E-state index is 0.417. The highest BCUT2D eigenvalue weighted by atomic mass is 16.3. The molecule has 2 aromatic rings. The molecule has 0 aliphatic heterocycles. The highest BCUT2D eigenvalue weighted by Crippen LogP contribution is 2.14. The van der Waals surface area contributed by atoms with Gasteiger partial charge in [-0.15, -0.1) is 0 Å². The summed E-state index contributed by atoms with van der Waals surface area (Å²) >= 11 is 0. The lowest BCUT2D eigenvalue weighted by atomic mass is 10.2. The van der Waals surface area contributed by atoms with Gasteiger partial charge in [0.15, 0.2) is 12.0 Å². The minimum atomic E-state index is 0.417. The van der Waals surface area contributed by atoms with E-state index in [1.165, 1.54) is 6.39 Å². The number of aromatic nitrogens is 1. The lowest BCUT2D eigenvalue weighted by molar-refractivity contribution is 0.560. The topological polar surface area (TPSA) is 43.1 Å². The molecule has 1 heterocycles. The van der Waals surface area contributed by atoms with Gasteiger partial charge < -0.3 is 4.42 Å². The standard InChI is InChI=1S/C8H4NO2/c10-4-6-2-1-3-7-8(6)11-5-9-7/h1-3,5H. The van der Waals surface area contributed by atoms with E-state index in [1.54, 1.807) is 24.5 Å². The molecular formula is C8H4NO2. The molecule has 1 aromatic carbocycles. The fourth-order valence-electron chi connectivity index (χ4n) is 0.967. The van der Waals surface area contributed by atoms with Crippen LogP contribution in [0.15, 0.2) is 29.0 Å². The number of para-hydroxylation sites is 1. The Morgan fingerprint density at radius 2 is 2.36 bits per heavy atom. The molecule has 0 bridgehead atoms. The van der Waals surface area contributed by atoms with Crippen LogP contribution < -0.4 is 0 Å². The fraction of sp³-hybridized carbons (Fsp3) is 0. The van der Waals surface area contributed by atoms with Crippen LogP contribution in [0.4, 0.5) is 0 Å². The Morgan fingerprint density at radius 3 is 3.18 bits per heavy atom. The van der Waals surface area contributed by atoms with Crippen molar-refractivity contribution in [1.29, 1.82) is 0 Å². The Hall–Kier alpha value is -1.64. The summed E-state index contributed by atoms with van der Waals surface area (Å²) in [6, 6.07) is 5.16. The first kappa shape index (κ1) is 6.09. The van der Waals surface area contributed by atoms with Gasteiger partial charge in [-0.3, -0.25) is 4.79 Å². The van der Waals surface area contributed by atoms with E-state index >= 15 is 0 Å². The average molecular weight is 146 g/mol. The summed E-state index contributed by atoms with van der Waals surface area (Å²) in [5.74, 6) is 0. The molecule has 0 fully saturated rings. The van der Waals surface area contributed by atoms with E-state index in [4.69, 9.17) is 4.42 Å². The number of hydrogen-bond donors (Lipinski definition) is 0. The molecule has 0 atom stereocenters. The third-order valence-corrected chi connectivity index (χ3v) is 1.47. The van der Waals surface area contributed by atoms with Crippen LogP contribution in [0.25, 0.3) is 11.1 Å². The molecule has 0 saturated heterocycles. The van der Waals surface area contributed by atoms with E-state index in [0.717, 1.165) is 0 Å². The van der Waals surface area contributed by atoms with E-state index in [9.17, 15) is 4.79 Å². The zero-order valence-corrected chi connectivity index (χ0v) is 5.57. The molecule has 0 amide bonds. The first-order valence-corrected chi connectivity index (χ1v) is 3.12. The van der Waals surface area contributed by atoms with Crippen LogP contribution >= 0.6 is 0 Å². The predicted octanol–water partition coefficient (Wildman–Crippen LogP) is 1.29. The second kappa shape index (κ2) is 2.20. The van der Waals surface area contributed by atoms with Crippen molar-refractivity contribution < 1.29 is 9.21 Å². The predicted molar refractivity (Wildman–Crippen MR) is 38.8 cm³/mol. The van der Waals surface area contributed by atoms with Crippen LogP contribution in [0.1, 0.15) is 5.56 Å². The Balaban J connectivity index is 2.88. The van der Waals surface area contributed by atoms with Crippen molar-refractivity contribution in [3.63, 3.8) is 0 Å². The maximum absolute atomic E-state index is 10.3. The Morgan fingerprint density at radius 1 is 1.45 bits per heavy atom. The van der Waals surface area contributed by atoms with E-state index in [-0.39, 0.29) is 0 Å². The third kappa shape index (κ3) is 0.816. The number of fused-ring (bicyclic) bond motifs is 1. The van der Waals surface area contributed by atoms with Gasteiger partial charge in [-0.25, -0.2) is 4.98 Å². The summed E-state index contributed by atoms with van der Waals surface area (Å²) in [6.45, 7) is 0. The largest absolute Gasteiger partial charge is 0.443 e. The smallest absolute Gasteiger partial charge is 0.237 e. The average Bonchev–Trinajstić information content (AvgIpc) is 2.50. The second-order valence-electron chi connectivity index (χ2n) is 2.11. The highest BCUT2D eigenvalue weighted by molar-refractivity contribution is 5.92. The number of nitrogens with zero attached hydrogens (tertiary/aromatic N) is 1. The van der Waals surface area contributed by atoms with Crippen molar-refractivity contribution in [2.45, 2.75) is 0 Å². The lowest BCUT2D eigenvalue weighted by Gasteiger charge is -1.87. The molecule has 0 spiro atoms. The summed E-state index contributed by atoms with van der Waals surface area (Å²) in [4.78, 5) is 14.2. The number of benzene rings is 1. The lowest BCUT2D eigenvalue weighted by Crippen LogP contribution is -1.79. The van der Waals surface area contributed by atoms with Gasteiger partial charge in [0, 0.05) is 0 Å². The summed E-state index contributed by atoms with van der Waals surface area (Å²) in [6.07, 6.45) is 3.08. The molecule has 3 heteroatoms. The molecule has 2 rings (SSSR count). The normalized spacial score (nSPS) is 10.2. The highest BCUT2D eigenvalue weighted by Gasteiger charge is 2.02. The van der Waals surface area contributed by atoms with Crippen molar-refractivity contribution in [3.05, 3.63) is 30.2 Å². The van der Waals surface area contributed by atoms with Crippen molar-refractivity contribution in [2.24, 2.45) is 0 Å². The van der Waals surface area contributed by atoms with E-state index in [1.807, 2.05) is 0 Å². The molecule has 0 N–H and O–H groups in total. The molecule has 0 aliphatic carbocycles. The van der Waals surface area contributed by atoms with Gasteiger partial charge in [0.1, 0.15) is 5.52 Å². The molecule has 53 valence electrons. The zero-order chi connectivity index (χ0) is 7.68. The van der Waals surface area contributed by atoms with Crippen LogP contribution in [0, 0.1) is 0 Å².